The van der Waals surface area contributed by atoms with Crippen LogP contribution in [0.15, 0.2) is 41.6 Å². The molecule has 112 valence electrons. The molecule has 3 atom stereocenters. The van der Waals surface area contributed by atoms with E-state index in [-0.39, 0.29) is 0 Å². The number of hydrogen-bond donors (Lipinski definition) is 0. The fraction of sp³-hybridized carbons (Fsp3) is 0.579. The molecule has 2 heteroatoms. The van der Waals surface area contributed by atoms with Gasteiger partial charge in [0, 0.05) is 32.4 Å². The first-order valence-corrected chi connectivity index (χ1v) is 8.40. The molecule has 2 nitrogen and oxygen atoms in total. The number of fused-ring (bicyclic) bond motifs is 2. The van der Waals surface area contributed by atoms with Crippen molar-refractivity contribution in [1.82, 2.24) is 9.80 Å². The summed E-state index contributed by atoms with van der Waals surface area (Å²) < 4.78 is 0. The minimum absolute atomic E-state index is 0.709. The maximum absolute atomic E-state index is 2.55. The second kappa shape index (κ2) is 5.17. The van der Waals surface area contributed by atoms with Crippen molar-refractivity contribution < 1.29 is 0 Å². The van der Waals surface area contributed by atoms with E-state index in [2.05, 4.69) is 54.2 Å². The van der Waals surface area contributed by atoms with Crippen molar-refractivity contribution in [3.8, 4) is 0 Å². The topological polar surface area (TPSA) is 6.48 Å². The van der Waals surface area contributed by atoms with E-state index in [1.807, 2.05) is 0 Å². The highest BCUT2D eigenvalue weighted by atomic mass is 15.1. The molecular formula is C19H26N2. The molecule has 0 aromatic heterocycles. The van der Waals surface area contributed by atoms with Crippen LogP contribution in [0, 0.1) is 11.8 Å². The standard InChI is InChI=1S/C19H26N2/c1-20-12-17-15-9-6-10-21(2)19(15)11-16(18(17)13-20)14-7-4-3-5-8-14/h3-5,7-8,16-18H,6,9-13H2,1-2H3. The van der Waals surface area contributed by atoms with E-state index in [1.165, 1.54) is 38.9 Å². The Morgan fingerprint density at radius 1 is 1.00 bits per heavy atom. The van der Waals surface area contributed by atoms with Crippen LogP contribution in [0.25, 0.3) is 0 Å². The molecule has 2 heterocycles. The summed E-state index contributed by atoms with van der Waals surface area (Å²) in [7, 11) is 4.60. The average Bonchev–Trinajstić information content (AvgIpc) is 2.89. The Balaban J connectivity index is 1.75. The van der Waals surface area contributed by atoms with Crippen LogP contribution < -0.4 is 0 Å². The monoisotopic (exact) mass is 282 g/mol. The third-order valence-electron chi connectivity index (χ3n) is 5.92. The van der Waals surface area contributed by atoms with Crippen LogP contribution >= 0.6 is 0 Å². The highest BCUT2D eigenvalue weighted by Gasteiger charge is 2.44. The van der Waals surface area contributed by atoms with E-state index in [0.717, 1.165) is 11.8 Å². The zero-order chi connectivity index (χ0) is 14.4. The molecule has 1 saturated heterocycles. The zero-order valence-corrected chi connectivity index (χ0v) is 13.3. The second-order valence-corrected chi connectivity index (χ2v) is 7.21. The molecular weight excluding hydrogens is 256 g/mol. The van der Waals surface area contributed by atoms with Crippen LogP contribution in [0.4, 0.5) is 0 Å². The fourth-order valence-corrected chi connectivity index (χ4v) is 4.95. The summed E-state index contributed by atoms with van der Waals surface area (Å²) in [5.41, 5.74) is 5.02. The van der Waals surface area contributed by atoms with Gasteiger partial charge in [-0.3, -0.25) is 0 Å². The van der Waals surface area contributed by atoms with Crippen molar-refractivity contribution in [2.75, 3.05) is 33.7 Å². The lowest BCUT2D eigenvalue weighted by atomic mass is 9.68. The quantitative estimate of drug-likeness (QED) is 0.779. The summed E-state index contributed by atoms with van der Waals surface area (Å²) in [6, 6.07) is 11.2. The van der Waals surface area contributed by atoms with Gasteiger partial charge in [0.2, 0.25) is 0 Å². The Hall–Kier alpha value is -1.28. The van der Waals surface area contributed by atoms with Gasteiger partial charge in [-0.15, -0.1) is 0 Å². The highest BCUT2D eigenvalue weighted by molar-refractivity contribution is 5.33. The van der Waals surface area contributed by atoms with Crippen LogP contribution in [0.2, 0.25) is 0 Å². The number of nitrogens with zero attached hydrogens (tertiary/aromatic N) is 2. The first kappa shape index (κ1) is 13.4. The average molecular weight is 282 g/mol. The smallest absolute Gasteiger partial charge is 0.0174 e. The second-order valence-electron chi connectivity index (χ2n) is 7.21. The fourth-order valence-electron chi connectivity index (χ4n) is 4.95. The van der Waals surface area contributed by atoms with Crippen molar-refractivity contribution in [2.24, 2.45) is 11.8 Å². The molecule has 3 unspecified atom stereocenters. The van der Waals surface area contributed by atoms with Crippen LogP contribution in [0.1, 0.15) is 30.7 Å². The molecule has 0 N–H and O–H groups in total. The molecule has 0 amide bonds. The summed E-state index contributed by atoms with van der Waals surface area (Å²) in [5.74, 6) is 2.33. The minimum Gasteiger partial charge on any atom is -0.378 e. The minimum atomic E-state index is 0.709. The maximum atomic E-state index is 2.55. The summed E-state index contributed by atoms with van der Waals surface area (Å²) in [4.78, 5) is 5.10. The van der Waals surface area contributed by atoms with Gasteiger partial charge in [-0.2, -0.15) is 0 Å². The van der Waals surface area contributed by atoms with E-state index in [1.54, 1.807) is 16.8 Å². The van der Waals surface area contributed by atoms with Crippen LogP contribution in [0.5, 0.6) is 0 Å². The van der Waals surface area contributed by atoms with Gasteiger partial charge in [-0.1, -0.05) is 30.3 Å². The molecule has 0 spiro atoms. The van der Waals surface area contributed by atoms with Gasteiger partial charge >= 0.3 is 0 Å². The Labute approximate surface area is 128 Å². The van der Waals surface area contributed by atoms with Crippen LogP contribution in [-0.4, -0.2) is 43.5 Å². The van der Waals surface area contributed by atoms with Crippen molar-refractivity contribution in [3.63, 3.8) is 0 Å². The van der Waals surface area contributed by atoms with Gasteiger partial charge in [0.1, 0.15) is 0 Å². The summed E-state index contributed by atoms with van der Waals surface area (Å²) in [5, 5.41) is 0. The van der Waals surface area contributed by atoms with Crippen molar-refractivity contribution >= 4 is 0 Å². The van der Waals surface area contributed by atoms with Gasteiger partial charge in [-0.05, 0) is 55.2 Å². The number of rotatable bonds is 1. The lowest BCUT2D eigenvalue weighted by Crippen LogP contribution is -2.36. The largest absolute Gasteiger partial charge is 0.378 e. The number of hydrogen-bond acceptors (Lipinski definition) is 2. The molecule has 2 aliphatic heterocycles. The Kier molecular flexibility index (Phi) is 3.30. The molecule has 1 aromatic rings. The molecule has 0 saturated carbocycles. The third kappa shape index (κ3) is 2.20. The Morgan fingerprint density at radius 3 is 2.62 bits per heavy atom. The van der Waals surface area contributed by atoms with Gasteiger partial charge in [-0.25, -0.2) is 0 Å². The third-order valence-corrected chi connectivity index (χ3v) is 5.92. The Morgan fingerprint density at radius 2 is 1.81 bits per heavy atom. The normalized spacial score (nSPS) is 33.0. The molecule has 0 radical (unpaired) electrons. The predicted octanol–water partition coefficient (Wildman–Crippen LogP) is 3.33. The van der Waals surface area contributed by atoms with Crippen molar-refractivity contribution in [3.05, 3.63) is 47.2 Å². The summed E-state index contributed by atoms with van der Waals surface area (Å²) >= 11 is 0. The first-order chi connectivity index (χ1) is 10.2. The molecule has 3 aliphatic rings. The maximum Gasteiger partial charge on any atom is 0.0174 e. The molecule has 4 rings (SSSR count). The number of benzene rings is 1. The zero-order valence-electron chi connectivity index (χ0n) is 13.3. The molecule has 1 aromatic carbocycles. The lowest BCUT2D eigenvalue weighted by molar-refractivity contribution is 0.263. The number of likely N-dealkylation sites (tertiary alicyclic amines) is 1. The van der Waals surface area contributed by atoms with E-state index >= 15 is 0 Å². The SMILES string of the molecule is CN1CC2C3=C(CC(c4ccccc4)C2C1)N(C)CCC3. The van der Waals surface area contributed by atoms with Gasteiger partial charge in [0.05, 0.1) is 0 Å². The van der Waals surface area contributed by atoms with Crippen molar-refractivity contribution in [1.29, 1.82) is 0 Å². The number of allylic oxidation sites excluding steroid dienone is 1. The van der Waals surface area contributed by atoms with E-state index in [0.29, 0.717) is 5.92 Å². The first-order valence-electron chi connectivity index (χ1n) is 8.40. The summed E-state index contributed by atoms with van der Waals surface area (Å²) in [6.07, 6.45) is 3.94. The van der Waals surface area contributed by atoms with Gasteiger partial charge in [0.25, 0.3) is 0 Å². The molecule has 1 aliphatic carbocycles. The predicted molar refractivity (Wildman–Crippen MR) is 87.2 cm³/mol. The van der Waals surface area contributed by atoms with Crippen LogP contribution in [0.3, 0.4) is 0 Å². The highest BCUT2D eigenvalue weighted by Crippen LogP contribution is 2.50. The molecule has 1 fully saturated rings. The van der Waals surface area contributed by atoms with Gasteiger partial charge < -0.3 is 9.80 Å². The van der Waals surface area contributed by atoms with E-state index < -0.39 is 0 Å². The van der Waals surface area contributed by atoms with Crippen LogP contribution in [-0.2, 0) is 0 Å². The van der Waals surface area contributed by atoms with E-state index in [9.17, 15) is 0 Å². The molecule has 21 heavy (non-hydrogen) atoms. The Bertz CT molecular complexity index is 548. The van der Waals surface area contributed by atoms with Gasteiger partial charge in [0.15, 0.2) is 0 Å². The van der Waals surface area contributed by atoms with E-state index in [4.69, 9.17) is 0 Å². The molecule has 0 bridgehead atoms. The summed E-state index contributed by atoms with van der Waals surface area (Å²) in [6.45, 7) is 3.78. The lowest BCUT2D eigenvalue weighted by Gasteiger charge is -2.43. The van der Waals surface area contributed by atoms with Crippen molar-refractivity contribution in [2.45, 2.75) is 25.2 Å².